The van der Waals surface area contributed by atoms with E-state index in [2.05, 4.69) is 55.1 Å². The normalized spacial score (nSPS) is 22.6. The molecule has 0 spiro atoms. The molecule has 0 radical (unpaired) electrons. The van der Waals surface area contributed by atoms with Gasteiger partial charge < -0.3 is 15.4 Å². The van der Waals surface area contributed by atoms with Crippen LogP contribution in [0.5, 0.6) is 0 Å². The summed E-state index contributed by atoms with van der Waals surface area (Å²) in [5.74, 6) is 1.12. The number of ether oxygens (including phenoxy) is 1. The van der Waals surface area contributed by atoms with Crippen LogP contribution in [-0.2, 0) is 14.8 Å². The Kier molecular flexibility index (Phi) is 5.87. The Bertz CT molecular complexity index is 1630. The zero-order valence-electron chi connectivity index (χ0n) is 21.8. The Morgan fingerprint density at radius 2 is 1.74 bits per heavy atom. The highest BCUT2D eigenvalue weighted by Crippen LogP contribution is 2.39. The molecular formula is C27H32N8O3S. The molecule has 12 heteroatoms. The standard InChI is InChI=1S/C27H32N8O3S/c1-39(36,37)33-15-19-13-32(14-20(19)16-33)22-4-2-3-18(11-22)25-12-23(26-27(28)29-17-31-35(25)26)24-5-8-30-34(24)21-6-9-38-10-7-21/h2-5,8,11-12,17,19-21H,6-7,9-10,13-16H2,1H3,(H2,28,29,31). The third kappa shape index (κ3) is 4.26. The van der Waals surface area contributed by atoms with E-state index >= 15 is 0 Å². The summed E-state index contributed by atoms with van der Waals surface area (Å²) in [5.41, 5.74) is 12.2. The molecule has 1 aromatic carbocycles. The maximum Gasteiger partial charge on any atom is 0.211 e. The molecule has 3 aliphatic rings. The van der Waals surface area contributed by atoms with Crippen molar-refractivity contribution in [2.45, 2.75) is 18.9 Å². The van der Waals surface area contributed by atoms with Gasteiger partial charge in [0.15, 0.2) is 5.82 Å². The number of aromatic nitrogens is 5. The third-order valence-electron chi connectivity index (χ3n) is 8.49. The molecular weight excluding hydrogens is 516 g/mol. The zero-order valence-corrected chi connectivity index (χ0v) is 22.7. The molecule has 6 heterocycles. The van der Waals surface area contributed by atoms with E-state index in [1.165, 1.54) is 12.6 Å². The summed E-state index contributed by atoms with van der Waals surface area (Å²) in [7, 11) is -3.14. The molecule has 4 aromatic rings. The fourth-order valence-electron chi connectivity index (χ4n) is 6.51. The first-order valence-electron chi connectivity index (χ1n) is 13.4. The lowest BCUT2D eigenvalue weighted by Gasteiger charge is -2.24. The molecule has 2 atom stereocenters. The molecule has 39 heavy (non-hydrogen) atoms. The Hall–Kier alpha value is -3.48. The van der Waals surface area contributed by atoms with Gasteiger partial charge in [0, 0.05) is 62.4 Å². The van der Waals surface area contributed by atoms with E-state index in [-0.39, 0.29) is 6.04 Å². The van der Waals surface area contributed by atoms with Gasteiger partial charge in [0.2, 0.25) is 10.0 Å². The molecule has 204 valence electrons. The third-order valence-corrected chi connectivity index (χ3v) is 9.73. The van der Waals surface area contributed by atoms with E-state index in [0.717, 1.165) is 72.9 Å². The van der Waals surface area contributed by atoms with Crippen LogP contribution in [0, 0.1) is 11.8 Å². The maximum atomic E-state index is 12.0. The van der Waals surface area contributed by atoms with Crippen molar-refractivity contribution in [1.29, 1.82) is 0 Å². The summed E-state index contributed by atoms with van der Waals surface area (Å²) >= 11 is 0. The number of fused-ring (bicyclic) bond motifs is 2. The average molecular weight is 549 g/mol. The summed E-state index contributed by atoms with van der Waals surface area (Å²) in [5, 5.41) is 9.27. The summed E-state index contributed by atoms with van der Waals surface area (Å²) in [6.07, 6.45) is 6.47. The highest BCUT2D eigenvalue weighted by Gasteiger charge is 2.42. The lowest BCUT2D eigenvalue weighted by Crippen LogP contribution is -2.32. The molecule has 0 aliphatic carbocycles. The predicted octanol–water partition coefficient (Wildman–Crippen LogP) is 2.52. The molecule has 2 unspecified atom stereocenters. The second kappa shape index (κ2) is 9.32. The number of rotatable bonds is 5. The molecule has 11 nitrogen and oxygen atoms in total. The van der Waals surface area contributed by atoms with E-state index in [9.17, 15) is 8.42 Å². The van der Waals surface area contributed by atoms with Gasteiger partial charge in [0.1, 0.15) is 11.8 Å². The first-order valence-corrected chi connectivity index (χ1v) is 15.3. The highest BCUT2D eigenvalue weighted by atomic mass is 32.2. The minimum absolute atomic E-state index is 0.268. The van der Waals surface area contributed by atoms with Gasteiger partial charge >= 0.3 is 0 Å². The van der Waals surface area contributed by atoms with Crippen LogP contribution in [0.4, 0.5) is 11.5 Å². The molecule has 0 bridgehead atoms. The van der Waals surface area contributed by atoms with Gasteiger partial charge in [-0.15, -0.1) is 0 Å². The highest BCUT2D eigenvalue weighted by molar-refractivity contribution is 7.88. The SMILES string of the molecule is CS(=O)(=O)N1CC2CN(c3cccc(-c4cc(-c5ccnn5C5CCOCC5)c5c(N)ncnn45)c3)CC2C1. The average Bonchev–Trinajstić information content (AvgIpc) is 3.71. The smallest absolute Gasteiger partial charge is 0.211 e. The van der Waals surface area contributed by atoms with Crippen LogP contribution in [0.2, 0.25) is 0 Å². The van der Waals surface area contributed by atoms with Crippen molar-refractivity contribution in [2.75, 3.05) is 56.3 Å². The summed E-state index contributed by atoms with van der Waals surface area (Å²) in [4.78, 5) is 6.68. The van der Waals surface area contributed by atoms with Crippen LogP contribution in [-0.4, -0.2) is 82.8 Å². The summed E-state index contributed by atoms with van der Waals surface area (Å²) in [6, 6.07) is 12.9. The van der Waals surface area contributed by atoms with Crippen molar-refractivity contribution < 1.29 is 13.2 Å². The molecule has 3 aromatic heterocycles. The van der Waals surface area contributed by atoms with Gasteiger partial charge in [-0.3, -0.25) is 4.68 Å². The van der Waals surface area contributed by atoms with Crippen molar-refractivity contribution in [3.05, 3.63) is 48.9 Å². The summed E-state index contributed by atoms with van der Waals surface area (Å²) < 4.78 is 35.2. The van der Waals surface area contributed by atoms with E-state index in [0.29, 0.717) is 30.7 Å². The number of nitrogen functional groups attached to an aromatic ring is 1. The van der Waals surface area contributed by atoms with Gasteiger partial charge in [0.25, 0.3) is 0 Å². The van der Waals surface area contributed by atoms with Gasteiger partial charge in [-0.05, 0) is 48.9 Å². The predicted molar refractivity (Wildman–Crippen MR) is 149 cm³/mol. The Labute approximate surface area is 227 Å². The van der Waals surface area contributed by atoms with Gasteiger partial charge in [-0.2, -0.15) is 10.2 Å². The molecule has 3 fully saturated rings. The minimum Gasteiger partial charge on any atom is -0.382 e. The molecule has 0 saturated carbocycles. The van der Waals surface area contributed by atoms with E-state index in [1.54, 1.807) is 4.31 Å². The number of sulfonamides is 1. The number of nitrogens with two attached hydrogens (primary N) is 1. The number of anilines is 2. The molecule has 3 aliphatic heterocycles. The van der Waals surface area contributed by atoms with Gasteiger partial charge in [-0.25, -0.2) is 22.2 Å². The van der Waals surface area contributed by atoms with Crippen LogP contribution in [0.25, 0.3) is 28.0 Å². The monoisotopic (exact) mass is 548 g/mol. The van der Waals surface area contributed by atoms with Crippen molar-refractivity contribution >= 4 is 27.0 Å². The van der Waals surface area contributed by atoms with Gasteiger partial charge in [0.05, 0.1) is 23.7 Å². The quantitative estimate of drug-likeness (QED) is 0.404. The van der Waals surface area contributed by atoms with E-state index in [1.807, 2.05) is 16.8 Å². The van der Waals surface area contributed by atoms with Gasteiger partial charge in [-0.1, -0.05) is 12.1 Å². The number of nitrogens with zero attached hydrogens (tertiary/aromatic N) is 7. The number of hydrogen-bond donors (Lipinski definition) is 1. The molecule has 7 rings (SSSR count). The van der Waals surface area contributed by atoms with Crippen molar-refractivity contribution in [2.24, 2.45) is 11.8 Å². The maximum absolute atomic E-state index is 12.0. The van der Waals surface area contributed by atoms with Crippen LogP contribution >= 0.6 is 0 Å². The molecule has 3 saturated heterocycles. The minimum atomic E-state index is -3.14. The Balaban J connectivity index is 1.24. The van der Waals surface area contributed by atoms with Crippen LogP contribution in [0.15, 0.2) is 48.9 Å². The van der Waals surface area contributed by atoms with E-state index < -0.39 is 10.0 Å². The molecule has 0 amide bonds. The number of hydrogen-bond acceptors (Lipinski definition) is 8. The Morgan fingerprint density at radius 1 is 0.974 bits per heavy atom. The first-order chi connectivity index (χ1) is 18.9. The number of benzene rings is 1. The van der Waals surface area contributed by atoms with Crippen molar-refractivity contribution in [3.63, 3.8) is 0 Å². The summed E-state index contributed by atoms with van der Waals surface area (Å²) in [6.45, 7) is 4.36. The Morgan fingerprint density at radius 3 is 2.49 bits per heavy atom. The topological polar surface area (TPSA) is 124 Å². The first kappa shape index (κ1) is 24.6. The molecule has 2 N–H and O–H groups in total. The lowest BCUT2D eigenvalue weighted by molar-refractivity contribution is 0.0667. The fraction of sp³-hybridized carbons (Fsp3) is 0.444. The zero-order chi connectivity index (χ0) is 26.7. The van der Waals surface area contributed by atoms with Crippen LogP contribution in [0.1, 0.15) is 18.9 Å². The second-order valence-corrected chi connectivity index (χ2v) is 12.9. The fourth-order valence-corrected chi connectivity index (χ4v) is 7.44. The second-order valence-electron chi connectivity index (χ2n) is 10.9. The van der Waals surface area contributed by atoms with E-state index in [4.69, 9.17) is 10.5 Å². The lowest BCUT2D eigenvalue weighted by atomic mass is 10.0. The van der Waals surface area contributed by atoms with Crippen LogP contribution in [0.3, 0.4) is 0 Å². The van der Waals surface area contributed by atoms with Crippen molar-refractivity contribution in [1.82, 2.24) is 28.7 Å². The largest absolute Gasteiger partial charge is 0.382 e. The van der Waals surface area contributed by atoms with Crippen molar-refractivity contribution in [3.8, 4) is 22.5 Å². The van der Waals surface area contributed by atoms with Crippen LogP contribution < -0.4 is 10.6 Å².